The summed E-state index contributed by atoms with van der Waals surface area (Å²) in [5.74, 6) is 1.87. The molecule has 0 heterocycles. The lowest BCUT2D eigenvalue weighted by atomic mass is 9.84. The molecule has 1 saturated carbocycles. The minimum Gasteiger partial charge on any atom is -0.493 e. The minimum atomic E-state index is -0.0919. The fourth-order valence-corrected chi connectivity index (χ4v) is 3.89. The first kappa shape index (κ1) is 21.4. The SMILES string of the molecule is CCN(CC)CC1CCCCC1NC(=O)c1cc(OC)c(OC)c(OC)c1. The molecule has 0 radical (unpaired) electrons. The summed E-state index contributed by atoms with van der Waals surface area (Å²) in [6.45, 7) is 7.50. The van der Waals surface area contributed by atoms with Gasteiger partial charge in [0, 0.05) is 18.2 Å². The van der Waals surface area contributed by atoms with Crippen LogP contribution in [0.5, 0.6) is 17.2 Å². The monoisotopic (exact) mass is 378 g/mol. The smallest absolute Gasteiger partial charge is 0.251 e. The van der Waals surface area contributed by atoms with Gasteiger partial charge in [0.15, 0.2) is 11.5 Å². The van der Waals surface area contributed by atoms with Crippen molar-refractivity contribution >= 4 is 5.91 Å². The first-order chi connectivity index (χ1) is 13.1. The molecule has 2 atom stereocenters. The number of nitrogens with zero attached hydrogens (tertiary/aromatic N) is 1. The highest BCUT2D eigenvalue weighted by Crippen LogP contribution is 2.38. The maximum Gasteiger partial charge on any atom is 0.251 e. The fourth-order valence-electron chi connectivity index (χ4n) is 3.89. The van der Waals surface area contributed by atoms with Gasteiger partial charge in [0.25, 0.3) is 5.91 Å². The Morgan fingerprint density at radius 3 is 2.15 bits per heavy atom. The number of ether oxygens (including phenoxy) is 3. The predicted molar refractivity (Wildman–Crippen MR) is 107 cm³/mol. The summed E-state index contributed by atoms with van der Waals surface area (Å²) in [6.07, 6.45) is 4.59. The van der Waals surface area contributed by atoms with Crippen molar-refractivity contribution in [2.24, 2.45) is 5.92 Å². The van der Waals surface area contributed by atoms with Gasteiger partial charge in [-0.1, -0.05) is 26.7 Å². The molecule has 1 aromatic rings. The third-order valence-corrected chi connectivity index (χ3v) is 5.54. The van der Waals surface area contributed by atoms with Gasteiger partial charge < -0.3 is 24.4 Å². The van der Waals surface area contributed by atoms with Crippen molar-refractivity contribution < 1.29 is 19.0 Å². The molecule has 0 bridgehead atoms. The van der Waals surface area contributed by atoms with Gasteiger partial charge >= 0.3 is 0 Å². The van der Waals surface area contributed by atoms with E-state index in [0.717, 1.165) is 38.9 Å². The number of carbonyl (C=O) groups excluding carboxylic acids is 1. The number of nitrogens with one attached hydrogen (secondary N) is 1. The molecule has 1 aromatic carbocycles. The minimum absolute atomic E-state index is 0.0919. The number of hydrogen-bond donors (Lipinski definition) is 1. The summed E-state index contributed by atoms with van der Waals surface area (Å²) in [5.41, 5.74) is 0.525. The number of benzene rings is 1. The lowest BCUT2D eigenvalue weighted by Crippen LogP contribution is -2.46. The van der Waals surface area contributed by atoms with Crippen LogP contribution in [0, 0.1) is 5.92 Å². The number of rotatable bonds is 9. The number of carbonyl (C=O) groups is 1. The van der Waals surface area contributed by atoms with Crippen molar-refractivity contribution in [2.75, 3.05) is 41.0 Å². The van der Waals surface area contributed by atoms with E-state index in [1.807, 2.05) is 0 Å². The van der Waals surface area contributed by atoms with Gasteiger partial charge in [0.1, 0.15) is 0 Å². The zero-order chi connectivity index (χ0) is 19.8. The topological polar surface area (TPSA) is 60.0 Å². The lowest BCUT2D eigenvalue weighted by Gasteiger charge is -2.35. The molecule has 1 amide bonds. The average molecular weight is 379 g/mol. The number of methoxy groups -OCH3 is 3. The molecule has 0 aliphatic heterocycles. The number of amides is 1. The van der Waals surface area contributed by atoms with Crippen LogP contribution in [-0.4, -0.2) is 57.8 Å². The van der Waals surface area contributed by atoms with E-state index >= 15 is 0 Å². The highest BCUT2D eigenvalue weighted by molar-refractivity contribution is 5.95. The van der Waals surface area contributed by atoms with E-state index in [0.29, 0.717) is 28.7 Å². The predicted octanol–water partition coefficient (Wildman–Crippen LogP) is 3.34. The van der Waals surface area contributed by atoms with Crippen molar-refractivity contribution in [3.05, 3.63) is 17.7 Å². The standard InChI is InChI=1S/C21H34N2O4/c1-6-23(7-2)14-15-10-8-9-11-17(15)22-21(24)16-12-18(25-3)20(27-5)19(13-16)26-4/h12-13,15,17H,6-11,14H2,1-5H3,(H,22,24). The van der Waals surface area contributed by atoms with Crippen molar-refractivity contribution in [1.29, 1.82) is 0 Å². The molecule has 2 rings (SSSR count). The summed E-state index contributed by atoms with van der Waals surface area (Å²) < 4.78 is 16.1. The van der Waals surface area contributed by atoms with Crippen molar-refractivity contribution in [3.63, 3.8) is 0 Å². The summed E-state index contributed by atoms with van der Waals surface area (Å²) >= 11 is 0. The normalized spacial score (nSPS) is 19.6. The van der Waals surface area contributed by atoms with Gasteiger partial charge in [0.05, 0.1) is 21.3 Å². The summed E-state index contributed by atoms with van der Waals surface area (Å²) in [7, 11) is 4.67. The molecule has 27 heavy (non-hydrogen) atoms. The molecule has 0 spiro atoms. The van der Waals surface area contributed by atoms with Crippen LogP contribution in [0.1, 0.15) is 49.9 Å². The van der Waals surface area contributed by atoms with Crippen molar-refractivity contribution in [1.82, 2.24) is 10.2 Å². The Morgan fingerprint density at radius 2 is 1.63 bits per heavy atom. The molecular weight excluding hydrogens is 344 g/mol. The summed E-state index contributed by atoms with van der Waals surface area (Å²) in [6, 6.07) is 3.61. The van der Waals surface area contributed by atoms with E-state index < -0.39 is 0 Å². The molecule has 1 fully saturated rings. The summed E-state index contributed by atoms with van der Waals surface area (Å²) in [5, 5.41) is 3.26. The Labute approximate surface area is 163 Å². The average Bonchev–Trinajstić information content (AvgIpc) is 2.71. The second kappa shape index (κ2) is 10.4. The molecule has 152 valence electrons. The Balaban J connectivity index is 2.16. The van der Waals surface area contributed by atoms with Gasteiger partial charge in [-0.25, -0.2) is 0 Å². The van der Waals surface area contributed by atoms with E-state index in [1.165, 1.54) is 6.42 Å². The highest BCUT2D eigenvalue weighted by atomic mass is 16.5. The lowest BCUT2D eigenvalue weighted by molar-refractivity contribution is 0.0887. The Kier molecular flexibility index (Phi) is 8.23. The first-order valence-corrected chi connectivity index (χ1v) is 9.91. The quantitative estimate of drug-likeness (QED) is 0.714. The van der Waals surface area contributed by atoms with Crippen LogP contribution >= 0.6 is 0 Å². The molecule has 6 heteroatoms. The van der Waals surface area contributed by atoms with Crippen molar-refractivity contribution in [3.8, 4) is 17.2 Å². The molecule has 1 aliphatic carbocycles. The van der Waals surface area contributed by atoms with Crippen LogP contribution in [-0.2, 0) is 0 Å². The zero-order valence-corrected chi connectivity index (χ0v) is 17.3. The first-order valence-electron chi connectivity index (χ1n) is 9.91. The Bertz CT molecular complexity index is 591. The van der Waals surface area contributed by atoms with Crippen LogP contribution in [0.15, 0.2) is 12.1 Å². The highest BCUT2D eigenvalue weighted by Gasteiger charge is 2.28. The molecule has 0 aromatic heterocycles. The maximum absolute atomic E-state index is 12.9. The van der Waals surface area contributed by atoms with E-state index in [9.17, 15) is 4.79 Å². The molecular formula is C21H34N2O4. The van der Waals surface area contributed by atoms with Gasteiger partial charge in [-0.3, -0.25) is 4.79 Å². The van der Waals surface area contributed by atoms with Crippen LogP contribution in [0.4, 0.5) is 0 Å². The van der Waals surface area contributed by atoms with Gasteiger partial charge in [0.2, 0.25) is 5.75 Å². The maximum atomic E-state index is 12.9. The second-order valence-corrected chi connectivity index (χ2v) is 7.02. The molecule has 2 unspecified atom stereocenters. The second-order valence-electron chi connectivity index (χ2n) is 7.02. The third-order valence-electron chi connectivity index (χ3n) is 5.54. The van der Waals surface area contributed by atoms with Crippen molar-refractivity contribution in [2.45, 2.75) is 45.6 Å². The third kappa shape index (κ3) is 5.28. The van der Waals surface area contributed by atoms with E-state index in [2.05, 4.69) is 24.1 Å². The number of hydrogen-bond acceptors (Lipinski definition) is 5. The fraction of sp³-hybridized carbons (Fsp3) is 0.667. The van der Waals surface area contributed by atoms with Gasteiger partial charge in [-0.2, -0.15) is 0 Å². The Morgan fingerprint density at radius 1 is 1.04 bits per heavy atom. The summed E-state index contributed by atoms with van der Waals surface area (Å²) in [4.78, 5) is 15.4. The van der Waals surface area contributed by atoms with E-state index in [1.54, 1.807) is 33.5 Å². The van der Waals surface area contributed by atoms with Crippen LogP contribution < -0.4 is 19.5 Å². The van der Waals surface area contributed by atoms with Gasteiger partial charge in [-0.15, -0.1) is 0 Å². The van der Waals surface area contributed by atoms with Crippen LogP contribution in [0.3, 0.4) is 0 Å². The molecule has 1 aliphatic rings. The molecule has 0 saturated heterocycles. The Hall–Kier alpha value is -1.95. The van der Waals surface area contributed by atoms with E-state index in [4.69, 9.17) is 14.2 Å². The van der Waals surface area contributed by atoms with Crippen LogP contribution in [0.2, 0.25) is 0 Å². The molecule has 1 N–H and O–H groups in total. The largest absolute Gasteiger partial charge is 0.493 e. The van der Waals surface area contributed by atoms with Gasteiger partial charge in [-0.05, 0) is 44.0 Å². The zero-order valence-electron chi connectivity index (χ0n) is 17.3. The van der Waals surface area contributed by atoms with Crippen LogP contribution in [0.25, 0.3) is 0 Å². The molecule has 6 nitrogen and oxygen atoms in total. The van der Waals surface area contributed by atoms with E-state index in [-0.39, 0.29) is 11.9 Å².